The van der Waals surface area contributed by atoms with Crippen LogP contribution in [0.15, 0.2) is 66.7 Å². The highest BCUT2D eigenvalue weighted by Gasteiger charge is 2.45. The van der Waals surface area contributed by atoms with Gasteiger partial charge in [-0.15, -0.1) is 0 Å². The monoisotopic (exact) mass is 278 g/mol. The molecule has 0 heterocycles. The highest BCUT2D eigenvalue weighted by molar-refractivity contribution is 6.08. The van der Waals surface area contributed by atoms with Crippen LogP contribution in [0.25, 0.3) is 22.4 Å². The highest BCUT2D eigenvalue weighted by Crippen LogP contribution is 2.58. The van der Waals surface area contributed by atoms with Crippen molar-refractivity contribution in [3.8, 4) is 0 Å². The van der Waals surface area contributed by atoms with Crippen LogP contribution in [0.3, 0.4) is 0 Å². The molecule has 22 heavy (non-hydrogen) atoms. The minimum Gasteiger partial charge on any atom is -0.0824 e. The minimum atomic E-state index is 0.0594. The van der Waals surface area contributed by atoms with E-state index in [0.717, 1.165) is 6.42 Å². The van der Waals surface area contributed by atoms with Crippen molar-refractivity contribution in [3.05, 3.63) is 94.6 Å². The second kappa shape index (κ2) is 3.41. The molecule has 0 radical (unpaired) electrons. The Kier molecular flexibility index (Phi) is 1.71. The van der Waals surface area contributed by atoms with Crippen molar-refractivity contribution < 1.29 is 0 Å². The first kappa shape index (κ1) is 11.0. The molecule has 102 valence electrons. The fourth-order valence-electron chi connectivity index (χ4n) is 4.82. The van der Waals surface area contributed by atoms with Gasteiger partial charge in [-0.3, -0.25) is 0 Å². The first-order valence-corrected chi connectivity index (χ1v) is 7.94. The Hall–Kier alpha value is -2.60. The Labute approximate surface area is 129 Å². The van der Waals surface area contributed by atoms with E-state index in [0.29, 0.717) is 0 Å². The smallest absolute Gasteiger partial charge is 0.0443 e. The lowest BCUT2D eigenvalue weighted by Gasteiger charge is -2.35. The van der Waals surface area contributed by atoms with Crippen molar-refractivity contribution in [3.63, 3.8) is 0 Å². The quantitative estimate of drug-likeness (QED) is 0.523. The molecule has 0 saturated carbocycles. The molecule has 1 unspecified atom stereocenters. The Morgan fingerprint density at radius 2 is 1.73 bits per heavy atom. The van der Waals surface area contributed by atoms with Gasteiger partial charge in [-0.2, -0.15) is 0 Å². The number of hydrogen-bond donors (Lipinski definition) is 0. The van der Waals surface area contributed by atoms with Crippen LogP contribution in [0.2, 0.25) is 0 Å². The molecule has 3 aliphatic carbocycles. The number of hydrogen-bond acceptors (Lipinski definition) is 0. The van der Waals surface area contributed by atoms with Gasteiger partial charge in [0.05, 0.1) is 0 Å². The molecule has 1 spiro atoms. The summed E-state index contributed by atoms with van der Waals surface area (Å²) in [5, 5.41) is 2.84. The summed E-state index contributed by atoms with van der Waals surface area (Å²) < 4.78 is 0. The zero-order valence-corrected chi connectivity index (χ0v) is 12.1. The van der Waals surface area contributed by atoms with Gasteiger partial charge in [-0.1, -0.05) is 72.8 Å². The normalized spacial score (nSPS) is 22.6. The van der Waals surface area contributed by atoms with Crippen LogP contribution in [-0.4, -0.2) is 0 Å². The molecular weight excluding hydrogens is 264 g/mol. The van der Waals surface area contributed by atoms with Gasteiger partial charge in [-0.25, -0.2) is 0 Å². The summed E-state index contributed by atoms with van der Waals surface area (Å²) >= 11 is 0. The van der Waals surface area contributed by atoms with E-state index in [1.807, 2.05) is 0 Å². The summed E-state index contributed by atoms with van der Waals surface area (Å²) in [6.07, 6.45) is 8.25. The van der Waals surface area contributed by atoms with Crippen LogP contribution in [0.1, 0.15) is 34.2 Å². The third-order valence-corrected chi connectivity index (χ3v) is 5.64. The fourth-order valence-corrected chi connectivity index (χ4v) is 4.82. The summed E-state index contributed by atoms with van der Waals surface area (Å²) in [5.41, 5.74) is 8.72. The topological polar surface area (TPSA) is 0 Å². The second-order valence-corrected chi connectivity index (χ2v) is 6.61. The van der Waals surface area contributed by atoms with Crippen LogP contribution in [0.5, 0.6) is 0 Å². The first-order chi connectivity index (χ1) is 10.9. The zero-order valence-electron chi connectivity index (χ0n) is 12.1. The molecule has 1 atom stereocenters. The molecule has 0 fully saturated rings. The van der Waals surface area contributed by atoms with Gasteiger partial charge in [-0.05, 0) is 50.6 Å². The molecule has 3 aromatic carbocycles. The summed E-state index contributed by atoms with van der Waals surface area (Å²) in [6.45, 7) is 0. The van der Waals surface area contributed by atoms with Crippen molar-refractivity contribution in [2.24, 2.45) is 0 Å². The maximum Gasteiger partial charge on any atom is 0.0443 e. The van der Waals surface area contributed by atoms with Crippen LogP contribution in [0, 0.1) is 0 Å². The van der Waals surface area contributed by atoms with Crippen LogP contribution < -0.4 is 0 Å². The molecule has 0 heteroatoms. The third kappa shape index (κ3) is 1.03. The Bertz CT molecular complexity index is 1050. The lowest BCUT2D eigenvalue weighted by molar-refractivity contribution is 0.663. The highest BCUT2D eigenvalue weighted by atomic mass is 14.5. The predicted octanol–water partition coefficient (Wildman–Crippen LogP) is 5.30. The van der Waals surface area contributed by atoms with Crippen LogP contribution >= 0.6 is 0 Å². The van der Waals surface area contributed by atoms with Gasteiger partial charge in [0.2, 0.25) is 0 Å². The van der Waals surface area contributed by atoms with E-state index in [2.05, 4.69) is 72.8 Å². The van der Waals surface area contributed by atoms with Crippen LogP contribution in [0.4, 0.5) is 0 Å². The van der Waals surface area contributed by atoms with Crippen molar-refractivity contribution in [1.82, 2.24) is 0 Å². The van der Waals surface area contributed by atoms with E-state index in [-0.39, 0.29) is 5.41 Å². The van der Waals surface area contributed by atoms with Crippen molar-refractivity contribution in [1.29, 1.82) is 0 Å². The Balaban J connectivity index is 1.93. The van der Waals surface area contributed by atoms with Gasteiger partial charge in [0.15, 0.2) is 0 Å². The van der Waals surface area contributed by atoms with Crippen molar-refractivity contribution in [2.45, 2.75) is 11.8 Å². The van der Waals surface area contributed by atoms with Gasteiger partial charge >= 0.3 is 0 Å². The van der Waals surface area contributed by atoms with E-state index in [1.165, 1.54) is 44.2 Å². The van der Waals surface area contributed by atoms with Crippen LogP contribution in [-0.2, 0) is 5.41 Å². The summed E-state index contributed by atoms with van der Waals surface area (Å²) in [6, 6.07) is 20.3. The Morgan fingerprint density at radius 3 is 2.73 bits per heavy atom. The third-order valence-electron chi connectivity index (χ3n) is 5.64. The number of fused-ring (bicyclic) bond motifs is 1. The lowest BCUT2D eigenvalue weighted by Crippen LogP contribution is -2.27. The van der Waals surface area contributed by atoms with Gasteiger partial charge in [0.1, 0.15) is 0 Å². The van der Waals surface area contributed by atoms with E-state index in [1.54, 1.807) is 0 Å². The van der Waals surface area contributed by atoms with E-state index >= 15 is 0 Å². The van der Waals surface area contributed by atoms with Gasteiger partial charge < -0.3 is 0 Å². The maximum absolute atomic E-state index is 2.53. The average molecular weight is 278 g/mol. The molecule has 0 saturated heterocycles. The second-order valence-electron chi connectivity index (χ2n) is 6.61. The molecule has 0 nitrogen and oxygen atoms in total. The minimum absolute atomic E-state index is 0.0594. The van der Waals surface area contributed by atoms with E-state index in [9.17, 15) is 0 Å². The van der Waals surface area contributed by atoms with E-state index in [4.69, 9.17) is 0 Å². The number of benzene rings is 3. The lowest BCUT2D eigenvalue weighted by atomic mass is 9.66. The number of allylic oxidation sites excluding steroid dienone is 2. The molecule has 0 aromatic heterocycles. The molecule has 2 bridgehead atoms. The molecule has 0 aliphatic heterocycles. The van der Waals surface area contributed by atoms with Gasteiger partial charge in [0.25, 0.3) is 0 Å². The van der Waals surface area contributed by atoms with Gasteiger partial charge in [0, 0.05) is 5.41 Å². The number of rotatable bonds is 0. The average Bonchev–Trinajstić information content (AvgIpc) is 2.85. The molecule has 6 rings (SSSR count). The summed E-state index contributed by atoms with van der Waals surface area (Å²) in [7, 11) is 0. The zero-order chi connectivity index (χ0) is 14.3. The SMILES string of the molecule is C1=Cc2ccc3cccc4c3c2C2(C=C4c3ccccc32)C1. The molecule has 0 amide bonds. The molecule has 0 N–H and O–H groups in total. The Morgan fingerprint density at radius 1 is 0.818 bits per heavy atom. The largest absolute Gasteiger partial charge is 0.0824 e. The standard InChI is InChI=1S/C22H14/c1-2-9-19-16(7-1)18-13-22(19)12-4-6-15-11-10-14-5-3-8-17(18)20(14)21(15)22/h1-11,13H,12H2. The van der Waals surface area contributed by atoms with Crippen molar-refractivity contribution in [2.75, 3.05) is 0 Å². The van der Waals surface area contributed by atoms with Crippen molar-refractivity contribution >= 4 is 22.4 Å². The fraction of sp³-hybridized carbons (Fsp3) is 0.0909. The summed E-state index contributed by atoms with van der Waals surface area (Å²) in [5.74, 6) is 0. The molecule has 3 aromatic rings. The molecular formula is C22H14. The van der Waals surface area contributed by atoms with E-state index < -0.39 is 0 Å². The predicted molar refractivity (Wildman–Crippen MR) is 91.9 cm³/mol. The maximum atomic E-state index is 2.53. The summed E-state index contributed by atoms with van der Waals surface area (Å²) in [4.78, 5) is 0. The first-order valence-electron chi connectivity index (χ1n) is 7.94. The molecule has 3 aliphatic rings.